The van der Waals surface area contributed by atoms with Gasteiger partial charge >= 0.3 is 0 Å². The van der Waals surface area contributed by atoms with Crippen LogP contribution in [-0.2, 0) is 0 Å². The van der Waals surface area contributed by atoms with Gasteiger partial charge in [-0.2, -0.15) is 0 Å². The number of carbonyl (C=O) groups excluding carboxylic acids is 1. The number of halogens is 1. The zero-order chi connectivity index (χ0) is 17.0. The van der Waals surface area contributed by atoms with Crippen LogP contribution in [0.15, 0.2) is 18.2 Å². The number of rotatable bonds is 6. The summed E-state index contributed by atoms with van der Waals surface area (Å²) < 4.78 is 0.756. The number of benzene rings is 1. The molecular weight excluding hydrogens is 409 g/mol. The van der Waals surface area contributed by atoms with Crippen molar-refractivity contribution in [2.75, 3.05) is 27.2 Å². The average Bonchev–Trinajstić information content (AvgIpc) is 3.01. The van der Waals surface area contributed by atoms with Crippen molar-refractivity contribution in [3.05, 3.63) is 37.4 Å². The molecule has 0 unspecified atom stereocenters. The molecule has 0 spiro atoms. The van der Waals surface area contributed by atoms with Gasteiger partial charge in [0.2, 0.25) is 0 Å². The maximum absolute atomic E-state index is 13.0. The van der Waals surface area contributed by atoms with Crippen molar-refractivity contribution in [3.63, 3.8) is 0 Å². The average molecular weight is 431 g/mol. The van der Waals surface area contributed by atoms with Crippen molar-refractivity contribution >= 4 is 34.2 Å². The molecule has 1 aromatic rings. The largest absolute Gasteiger partial charge is 0.334 e. The van der Waals surface area contributed by atoms with E-state index in [1.807, 2.05) is 23.9 Å². The van der Waals surface area contributed by atoms with E-state index in [4.69, 9.17) is 0 Å². The molecule has 0 aromatic heterocycles. The van der Waals surface area contributed by atoms with Crippen LogP contribution in [0.3, 0.4) is 0 Å². The first-order valence-corrected chi connectivity index (χ1v) is 8.87. The molecule has 1 aliphatic rings. The Labute approximate surface area is 150 Å². The number of hydrogen-bond acceptors (Lipinski definition) is 4. The number of hydrogen-bond donors (Lipinski definition) is 0. The van der Waals surface area contributed by atoms with Crippen molar-refractivity contribution in [3.8, 4) is 0 Å². The summed E-state index contributed by atoms with van der Waals surface area (Å²) in [6.45, 7) is 1.43. The first kappa shape index (κ1) is 18.1. The predicted molar refractivity (Wildman–Crippen MR) is 97.7 cm³/mol. The van der Waals surface area contributed by atoms with E-state index in [0.29, 0.717) is 12.1 Å². The molecule has 1 saturated carbocycles. The second-order valence-electron chi connectivity index (χ2n) is 6.16. The van der Waals surface area contributed by atoms with E-state index >= 15 is 0 Å². The van der Waals surface area contributed by atoms with E-state index in [0.717, 1.165) is 35.8 Å². The third-order valence-corrected chi connectivity index (χ3v) is 5.15. The third kappa shape index (κ3) is 4.63. The molecule has 0 N–H and O–H groups in total. The van der Waals surface area contributed by atoms with Crippen LogP contribution < -0.4 is 0 Å². The molecule has 23 heavy (non-hydrogen) atoms. The molecule has 0 bridgehead atoms. The van der Waals surface area contributed by atoms with Crippen molar-refractivity contribution < 1.29 is 9.72 Å². The summed E-state index contributed by atoms with van der Waals surface area (Å²) in [5, 5.41) is 11.0. The highest BCUT2D eigenvalue weighted by molar-refractivity contribution is 14.1. The maximum atomic E-state index is 13.0. The number of likely N-dealkylation sites (N-methyl/N-ethyl adjacent to an activating group) is 1. The van der Waals surface area contributed by atoms with E-state index < -0.39 is 4.92 Å². The molecule has 0 aliphatic heterocycles. The van der Waals surface area contributed by atoms with Gasteiger partial charge in [0.1, 0.15) is 0 Å². The fraction of sp³-hybridized carbons (Fsp3) is 0.562. The summed E-state index contributed by atoms with van der Waals surface area (Å²) in [5.74, 6) is -0.0909. The summed E-state index contributed by atoms with van der Waals surface area (Å²) in [6.07, 6.45) is 4.32. The lowest BCUT2D eigenvalue weighted by molar-refractivity contribution is -0.384. The third-order valence-electron chi connectivity index (χ3n) is 4.21. The van der Waals surface area contributed by atoms with E-state index in [2.05, 4.69) is 22.6 Å². The number of amides is 1. The van der Waals surface area contributed by atoms with Crippen LogP contribution in [0.25, 0.3) is 0 Å². The highest BCUT2D eigenvalue weighted by Crippen LogP contribution is 2.27. The molecular formula is C16H22IN3O3. The van der Waals surface area contributed by atoms with E-state index in [9.17, 15) is 14.9 Å². The number of nitro benzene ring substituents is 1. The van der Waals surface area contributed by atoms with Gasteiger partial charge in [-0.25, -0.2) is 0 Å². The van der Waals surface area contributed by atoms with Gasteiger partial charge < -0.3 is 9.80 Å². The summed E-state index contributed by atoms with van der Waals surface area (Å²) in [4.78, 5) is 27.5. The summed E-state index contributed by atoms with van der Waals surface area (Å²) in [6, 6.07) is 4.74. The maximum Gasteiger partial charge on any atom is 0.270 e. The lowest BCUT2D eigenvalue weighted by Crippen LogP contribution is -2.43. The molecule has 7 heteroatoms. The molecule has 0 heterocycles. The van der Waals surface area contributed by atoms with Gasteiger partial charge in [0.05, 0.1) is 10.5 Å². The van der Waals surface area contributed by atoms with Gasteiger partial charge in [-0.3, -0.25) is 14.9 Å². The Morgan fingerprint density at radius 1 is 1.30 bits per heavy atom. The normalized spacial score (nSPS) is 15.1. The standard InChI is InChI=1S/C16H22IN3O3/c1-18(2)9-10-19(12-5-3-4-6-12)16(21)14-11-13(20(22)23)7-8-15(14)17/h7-8,11-12H,3-6,9-10H2,1-2H3. The van der Waals surface area contributed by atoms with Crippen LogP contribution >= 0.6 is 22.6 Å². The van der Waals surface area contributed by atoms with Crippen LogP contribution in [0.2, 0.25) is 0 Å². The molecule has 0 saturated heterocycles. The van der Waals surface area contributed by atoms with Gasteiger partial charge in [0.15, 0.2) is 0 Å². The minimum Gasteiger partial charge on any atom is -0.334 e. The highest BCUT2D eigenvalue weighted by atomic mass is 127. The molecule has 1 aromatic carbocycles. The van der Waals surface area contributed by atoms with Crippen LogP contribution in [0.1, 0.15) is 36.0 Å². The first-order chi connectivity index (χ1) is 10.9. The quantitative estimate of drug-likeness (QED) is 0.395. The zero-order valence-corrected chi connectivity index (χ0v) is 15.7. The Balaban J connectivity index is 2.28. The predicted octanol–water partition coefficient (Wildman–Crippen LogP) is 3.15. The van der Waals surface area contributed by atoms with Crippen LogP contribution in [-0.4, -0.2) is 53.9 Å². The Morgan fingerprint density at radius 3 is 2.52 bits per heavy atom. The van der Waals surface area contributed by atoms with Crippen molar-refractivity contribution in [2.45, 2.75) is 31.7 Å². The van der Waals surface area contributed by atoms with E-state index in [-0.39, 0.29) is 17.6 Å². The minimum absolute atomic E-state index is 0.0345. The second kappa shape index (κ2) is 8.05. The van der Waals surface area contributed by atoms with Crippen molar-refractivity contribution in [1.82, 2.24) is 9.80 Å². The molecule has 126 valence electrons. The van der Waals surface area contributed by atoms with Crippen LogP contribution in [0.5, 0.6) is 0 Å². The van der Waals surface area contributed by atoms with Gasteiger partial charge in [-0.05, 0) is 55.6 Å². The van der Waals surface area contributed by atoms with E-state index in [1.54, 1.807) is 6.07 Å². The molecule has 6 nitrogen and oxygen atoms in total. The highest BCUT2D eigenvalue weighted by Gasteiger charge is 2.29. The zero-order valence-electron chi connectivity index (χ0n) is 13.5. The second-order valence-corrected chi connectivity index (χ2v) is 7.32. The topological polar surface area (TPSA) is 66.7 Å². The van der Waals surface area contributed by atoms with Gasteiger partial charge in [-0.1, -0.05) is 12.8 Å². The molecule has 1 aliphatic carbocycles. The molecule has 0 radical (unpaired) electrons. The molecule has 2 rings (SSSR count). The Morgan fingerprint density at radius 2 is 1.96 bits per heavy atom. The number of nitro groups is 1. The fourth-order valence-corrected chi connectivity index (χ4v) is 3.49. The SMILES string of the molecule is CN(C)CCN(C(=O)c1cc([N+](=O)[O-])ccc1I)C1CCCC1. The first-order valence-electron chi connectivity index (χ1n) is 7.80. The van der Waals surface area contributed by atoms with Crippen molar-refractivity contribution in [1.29, 1.82) is 0 Å². The van der Waals surface area contributed by atoms with Gasteiger partial charge in [-0.15, -0.1) is 0 Å². The molecule has 0 atom stereocenters. The number of carbonyl (C=O) groups is 1. The summed E-state index contributed by atoms with van der Waals surface area (Å²) in [5.41, 5.74) is 0.401. The molecule has 1 amide bonds. The summed E-state index contributed by atoms with van der Waals surface area (Å²) >= 11 is 2.07. The van der Waals surface area contributed by atoms with Gasteiger partial charge in [0.25, 0.3) is 11.6 Å². The Hall–Kier alpha value is -1.22. The lowest BCUT2D eigenvalue weighted by Gasteiger charge is -2.30. The van der Waals surface area contributed by atoms with Crippen molar-refractivity contribution in [2.24, 2.45) is 0 Å². The van der Waals surface area contributed by atoms with Crippen LogP contribution in [0, 0.1) is 13.7 Å². The minimum atomic E-state index is -0.452. The summed E-state index contributed by atoms with van der Waals surface area (Å²) in [7, 11) is 3.96. The fourth-order valence-electron chi connectivity index (χ4n) is 2.92. The smallest absolute Gasteiger partial charge is 0.270 e. The number of non-ortho nitro benzene ring substituents is 1. The molecule has 1 fully saturated rings. The Bertz CT molecular complexity index is 586. The monoisotopic (exact) mass is 431 g/mol. The number of nitrogens with zero attached hydrogens (tertiary/aromatic N) is 3. The van der Waals surface area contributed by atoms with E-state index in [1.165, 1.54) is 12.1 Å². The Kier molecular flexibility index (Phi) is 6.34. The van der Waals surface area contributed by atoms with Gasteiger partial charge in [0, 0.05) is 34.8 Å². The van der Waals surface area contributed by atoms with Crippen LogP contribution in [0.4, 0.5) is 5.69 Å². The lowest BCUT2D eigenvalue weighted by atomic mass is 10.1.